The minimum atomic E-state index is -0.417. The number of allylic oxidation sites excluding steroid dienone is 2. The molecule has 6 rings (SSSR count). The fourth-order valence-corrected chi connectivity index (χ4v) is 7.14. The molecule has 2 heterocycles. The number of hydrogen-bond donors (Lipinski definition) is 1. The van der Waals surface area contributed by atoms with Gasteiger partial charge in [0.15, 0.2) is 5.78 Å². The number of rotatable bonds is 2. The number of carbonyl (C=O) groups excluding carboxylic acids is 1. The van der Waals surface area contributed by atoms with Crippen LogP contribution >= 0.6 is 0 Å². The molecule has 269 valence electrons. The molecule has 0 amide bonds. The Hall–Kier alpha value is -3.27. The van der Waals surface area contributed by atoms with Gasteiger partial charge in [-0.05, 0) is 64.8 Å². The van der Waals surface area contributed by atoms with Gasteiger partial charge in [0, 0.05) is 59.7 Å². The third-order valence-electron chi connectivity index (χ3n) is 10.4. The predicted molar refractivity (Wildman–Crippen MR) is 207 cm³/mol. The van der Waals surface area contributed by atoms with Gasteiger partial charge in [0.25, 0.3) is 0 Å². The fourth-order valence-electron chi connectivity index (χ4n) is 7.14. The van der Waals surface area contributed by atoms with E-state index >= 15 is 0 Å². The molecule has 0 bridgehead atoms. The first kappa shape index (κ1) is 39.5. The van der Waals surface area contributed by atoms with Gasteiger partial charge in [0.2, 0.25) is 0 Å². The summed E-state index contributed by atoms with van der Waals surface area (Å²) < 4.78 is 6.71. The Kier molecular flexibility index (Phi) is 10.6. The summed E-state index contributed by atoms with van der Waals surface area (Å²) in [5.74, 6) is 0.104. The van der Waals surface area contributed by atoms with Crippen LogP contribution < -0.4 is 0 Å². The van der Waals surface area contributed by atoms with Crippen molar-refractivity contribution in [2.45, 2.75) is 126 Å². The van der Waals surface area contributed by atoms with Gasteiger partial charge in [-0.2, -0.15) is 0 Å². The molecule has 0 atom stereocenters. The van der Waals surface area contributed by atoms with Gasteiger partial charge in [-0.1, -0.05) is 125 Å². The molecule has 0 fully saturated rings. The summed E-state index contributed by atoms with van der Waals surface area (Å²) in [5.41, 5.74) is 8.84. The van der Waals surface area contributed by atoms with Crippen LogP contribution in [0.3, 0.4) is 0 Å². The number of benzene rings is 3. The van der Waals surface area contributed by atoms with Crippen LogP contribution in [0.25, 0.3) is 44.0 Å². The smallest absolute Gasteiger partial charge is 0.164 e. The van der Waals surface area contributed by atoms with E-state index in [4.69, 9.17) is 9.40 Å². The molecular formula is C45H56IrNO3-. The van der Waals surface area contributed by atoms with Gasteiger partial charge in [-0.25, -0.2) is 0 Å². The maximum absolute atomic E-state index is 11.5. The van der Waals surface area contributed by atoms with Crippen molar-refractivity contribution in [2.24, 2.45) is 10.8 Å². The SMILES string of the molecule is CC(C)(C)C(=O)/C=C(\O)C(C)(C)C.Cc1c2c(cc3oc4c(-c5[c-]cc(C(C)(C)C)c6ccccc56)nccc4c13)C(C)(C)CCC2(C)C.[Ir]. The summed E-state index contributed by atoms with van der Waals surface area (Å²) in [6.45, 7) is 29.7. The largest absolute Gasteiger partial charge is 0.512 e. The van der Waals surface area contributed by atoms with E-state index in [9.17, 15) is 9.90 Å². The van der Waals surface area contributed by atoms with Crippen LogP contribution in [0.5, 0.6) is 0 Å². The van der Waals surface area contributed by atoms with Gasteiger partial charge >= 0.3 is 0 Å². The normalized spacial score (nSPS) is 16.1. The minimum Gasteiger partial charge on any atom is -0.512 e. The molecule has 0 spiro atoms. The molecule has 0 saturated carbocycles. The molecule has 3 aromatic carbocycles. The zero-order chi connectivity index (χ0) is 36.5. The van der Waals surface area contributed by atoms with E-state index in [1.807, 2.05) is 47.7 Å². The summed E-state index contributed by atoms with van der Waals surface area (Å²) in [4.78, 5) is 16.4. The van der Waals surface area contributed by atoms with E-state index < -0.39 is 5.41 Å². The number of aliphatic hydroxyl groups is 1. The van der Waals surface area contributed by atoms with Crippen molar-refractivity contribution in [3.63, 3.8) is 0 Å². The molecule has 1 N–H and O–H groups in total. The number of aromatic nitrogens is 1. The summed E-state index contributed by atoms with van der Waals surface area (Å²) in [5, 5.41) is 14.4. The summed E-state index contributed by atoms with van der Waals surface area (Å²) >= 11 is 0. The van der Waals surface area contributed by atoms with Crippen molar-refractivity contribution in [3.05, 3.63) is 88.8 Å². The maximum atomic E-state index is 11.5. The number of ketones is 1. The van der Waals surface area contributed by atoms with E-state index in [1.165, 1.54) is 57.3 Å². The van der Waals surface area contributed by atoms with Gasteiger partial charge < -0.3 is 14.5 Å². The van der Waals surface area contributed by atoms with Gasteiger partial charge in [0.1, 0.15) is 16.9 Å². The van der Waals surface area contributed by atoms with Crippen molar-refractivity contribution >= 4 is 38.5 Å². The zero-order valence-corrected chi connectivity index (χ0v) is 35.0. The van der Waals surface area contributed by atoms with Gasteiger partial charge in [-0.15, -0.1) is 23.3 Å². The molecule has 50 heavy (non-hydrogen) atoms. The first-order valence-electron chi connectivity index (χ1n) is 17.7. The average Bonchev–Trinajstić information content (AvgIpc) is 3.37. The molecule has 2 aromatic heterocycles. The van der Waals surface area contributed by atoms with Crippen molar-refractivity contribution in [3.8, 4) is 11.3 Å². The quantitative estimate of drug-likeness (QED) is 0.109. The molecule has 0 unspecified atom stereocenters. The zero-order valence-electron chi connectivity index (χ0n) is 32.7. The molecule has 4 nitrogen and oxygen atoms in total. The topological polar surface area (TPSA) is 63.3 Å². The van der Waals surface area contributed by atoms with Crippen LogP contribution in [-0.4, -0.2) is 15.9 Å². The van der Waals surface area contributed by atoms with E-state index in [2.05, 4.69) is 104 Å². The van der Waals surface area contributed by atoms with Crippen LogP contribution in [-0.2, 0) is 41.1 Å². The second-order valence-electron chi connectivity index (χ2n) is 18.5. The number of aliphatic hydroxyl groups excluding tert-OH is 1. The van der Waals surface area contributed by atoms with E-state index in [0.29, 0.717) is 0 Å². The summed E-state index contributed by atoms with van der Waals surface area (Å²) in [7, 11) is 0. The second-order valence-corrected chi connectivity index (χ2v) is 18.5. The van der Waals surface area contributed by atoms with E-state index in [0.717, 1.165) is 27.8 Å². The summed E-state index contributed by atoms with van der Waals surface area (Å²) in [6, 6.07) is 18.8. The van der Waals surface area contributed by atoms with Crippen LogP contribution in [0.15, 0.2) is 64.9 Å². The molecular weight excluding hydrogens is 795 g/mol. The Bertz CT molecular complexity index is 2110. The number of hydrogen-bond acceptors (Lipinski definition) is 4. The third kappa shape index (κ3) is 7.37. The average molecular weight is 851 g/mol. The molecule has 1 aliphatic rings. The molecule has 0 saturated heterocycles. The Labute approximate surface area is 313 Å². The Morgan fingerprint density at radius 1 is 0.880 bits per heavy atom. The molecule has 0 aliphatic heterocycles. The first-order valence-corrected chi connectivity index (χ1v) is 17.7. The van der Waals surface area contributed by atoms with Crippen molar-refractivity contribution in [1.82, 2.24) is 4.98 Å². The second kappa shape index (κ2) is 13.4. The number of nitrogens with zero attached hydrogens (tertiary/aromatic N) is 1. The number of carbonyl (C=O) groups is 1. The van der Waals surface area contributed by atoms with Crippen LogP contribution in [0, 0.1) is 23.8 Å². The van der Waals surface area contributed by atoms with Gasteiger partial charge in [-0.3, -0.25) is 4.79 Å². The fraction of sp³-hybridized carbons (Fsp3) is 0.467. The molecule has 1 aliphatic carbocycles. The Balaban J connectivity index is 0.000000345. The van der Waals surface area contributed by atoms with Gasteiger partial charge in [0.05, 0.1) is 0 Å². The first-order chi connectivity index (χ1) is 22.4. The van der Waals surface area contributed by atoms with Crippen LogP contribution in [0.4, 0.5) is 0 Å². The Morgan fingerprint density at radius 2 is 1.48 bits per heavy atom. The maximum Gasteiger partial charge on any atom is 0.164 e. The Morgan fingerprint density at radius 3 is 2.06 bits per heavy atom. The number of furan rings is 1. The van der Waals surface area contributed by atoms with Crippen LogP contribution in [0.2, 0.25) is 0 Å². The van der Waals surface area contributed by atoms with Crippen molar-refractivity contribution in [1.29, 1.82) is 0 Å². The van der Waals surface area contributed by atoms with Crippen LogP contribution in [0.1, 0.15) is 125 Å². The molecule has 5 aromatic rings. The standard InChI is InChI=1S/C34H36NO.C11H20O2.Ir/c1-20-28-24-15-18-35-30(23-13-14-25(32(2,3)4)22-12-10-9-11-21(22)23)31(24)36-27(28)19-26-29(20)34(7,8)17-16-33(26,5)6;1-10(2,3)8(12)7-9(13)11(4,5)6;/h9-12,14-15,18-19H,16-17H2,1-8H3;7,12H,1-6H3;/q-1;;/b;8-7-;. The number of aryl methyl sites for hydroxylation is 1. The predicted octanol–water partition coefficient (Wildman–Crippen LogP) is 12.6. The van der Waals surface area contributed by atoms with Crippen molar-refractivity contribution < 1.29 is 34.4 Å². The molecule has 5 heteroatoms. The minimum absolute atomic E-state index is 0. The molecule has 1 radical (unpaired) electrons. The van der Waals surface area contributed by atoms with Crippen molar-refractivity contribution in [2.75, 3.05) is 0 Å². The monoisotopic (exact) mass is 851 g/mol. The summed E-state index contributed by atoms with van der Waals surface area (Å²) in [6.07, 6.45) is 5.65. The van der Waals surface area contributed by atoms with E-state index in [1.54, 1.807) is 0 Å². The number of fused-ring (bicyclic) bond motifs is 5. The number of pyridine rings is 1. The van der Waals surface area contributed by atoms with E-state index in [-0.39, 0.29) is 53.3 Å². The third-order valence-corrected chi connectivity index (χ3v) is 10.4.